The van der Waals surface area contributed by atoms with Crippen LogP contribution in [0.15, 0.2) is 78.9 Å². The zero-order valence-electron chi connectivity index (χ0n) is 16.5. The van der Waals surface area contributed by atoms with E-state index in [9.17, 15) is 14.0 Å². The van der Waals surface area contributed by atoms with Gasteiger partial charge >= 0.3 is 0 Å². The van der Waals surface area contributed by atoms with Gasteiger partial charge in [0.25, 0.3) is 0 Å². The van der Waals surface area contributed by atoms with Crippen LogP contribution in [0.4, 0.5) is 15.8 Å². The summed E-state index contributed by atoms with van der Waals surface area (Å²) < 4.78 is 18.6. The first kappa shape index (κ1) is 21.0. The summed E-state index contributed by atoms with van der Waals surface area (Å²) >= 11 is 0. The number of rotatable bonds is 8. The lowest BCUT2D eigenvalue weighted by molar-refractivity contribution is -0.119. The topological polar surface area (TPSA) is 70.7 Å². The van der Waals surface area contributed by atoms with Crippen molar-refractivity contribution in [2.24, 2.45) is 0 Å². The fraction of sp³-hybridized carbons (Fsp3) is 0.130. The number of hydrogen-bond donors (Lipinski definition) is 2. The molecule has 0 aliphatic carbocycles. The highest BCUT2D eigenvalue weighted by molar-refractivity contribution is 5.94. The summed E-state index contributed by atoms with van der Waals surface area (Å²) in [5, 5.41) is 5.44. The number of anilines is 2. The first-order chi connectivity index (χ1) is 14.5. The van der Waals surface area contributed by atoms with Gasteiger partial charge in [0.05, 0.1) is 13.1 Å². The second-order valence-electron chi connectivity index (χ2n) is 6.72. The third-order valence-corrected chi connectivity index (χ3v) is 4.07. The zero-order valence-corrected chi connectivity index (χ0v) is 16.5. The maximum absolute atomic E-state index is 12.9. The molecule has 0 aromatic heterocycles. The molecule has 7 heteroatoms. The van der Waals surface area contributed by atoms with E-state index in [0.717, 1.165) is 5.75 Å². The normalized spacial score (nSPS) is 10.5. The molecular formula is C23H22FN3O3. The van der Waals surface area contributed by atoms with E-state index in [-0.39, 0.29) is 30.7 Å². The minimum atomic E-state index is -0.374. The van der Waals surface area contributed by atoms with Crippen molar-refractivity contribution >= 4 is 23.2 Å². The van der Waals surface area contributed by atoms with Crippen LogP contribution >= 0.6 is 0 Å². The number of likely N-dealkylation sites (N-methyl/N-ethyl adjacent to an activating group) is 1. The molecule has 2 amide bonds. The van der Waals surface area contributed by atoms with Gasteiger partial charge in [0.15, 0.2) is 0 Å². The van der Waals surface area contributed by atoms with E-state index in [2.05, 4.69) is 10.6 Å². The molecule has 0 unspecified atom stereocenters. The Labute approximate surface area is 174 Å². The van der Waals surface area contributed by atoms with Crippen LogP contribution in [-0.4, -0.2) is 36.9 Å². The molecule has 3 aromatic carbocycles. The van der Waals surface area contributed by atoms with Gasteiger partial charge in [0, 0.05) is 11.4 Å². The van der Waals surface area contributed by atoms with Gasteiger partial charge in [-0.25, -0.2) is 4.39 Å². The average molecular weight is 407 g/mol. The highest BCUT2D eigenvalue weighted by Gasteiger charge is 2.11. The van der Waals surface area contributed by atoms with Gasteiger partial charge in [0.1, 0.15) is 17.3 Å². The Bertz CT molecular complexity index is 977. The molecule has 0 heterocycles. The average Bonchev–Trinajstić information content (AvgIpc) is 2.71. The number of carbonyl (C=O) groups excluding carboxylic acids is 2. The van der Waals surface area contributed by atoms with E-state index >= 15 is 0 Å². The van der Waals surface area contributed by atoms with Gasteiger partial charge in [0.2, 0.25) is 11.8 Å². The van der Waals surface area contributed by atoms with Crippen molar-refractivity contribution in [3.05, 3.63) is 84.7 Å². The summed E-state index contributed by atoms with van der Waals surface area (Å²) in [5.74, 6) is 0.480. The molecule has 3 rings (SSSR count). The van der Waals surface area contributed by atoms with Crippen molar-refractivity contribution in [1.29, 1.82) is 0 Å². The molecular weight excluding hydrogens is 385 g/mol. The lowest BCUT2D eigenvalue weighted by atomic mass is 10.3. The maximum Gasteiger partial charge on any atom is 0.238 e. The molecule has 0 saturated heterocycles. The SMILES string of the molecule is CN(CC(=O)Nc1ccc(F)cc1)CC(=O)Nc1ccc(Oc2ccccc2)cc1. The van der Waals surface area contributed by atoms with Crippen LogP contribution in [0.5, 0.6) is 11.5 Å². The fourth-order valence-electron chi connectivity index (χ4n) is 2.71. The van der Waals surface area contributed by atoms with Crippen LogP contribution in [0, 0.1) is 5.82 Å². The summed E-state index contributed by atoms with van der Waals surface area (Å²) in [6.45, 7) is 0.0632. The summed E-state index contributed by atoms with van der Waals surface area (Å²) in [7, 11) is 1.67. The summed E-state index contributed by atoms with van der Waals surface area (Å²) in [6, 6.07) is 21.9. The first-order valence-electron chi connectivity index (χ1n) is 9.35. The van der Waals surface area contributed by atoms with Crippen molar-refractivity contribution in [3.8, 4) is 11.5 Å². The van der Waals surface area contributed by atoms with Crippen molar-refractivity contribution in [2.45, 2.75) is 0 Å². The highest BCUT2D eigenvalue weighted by atomic mass is 19.1. The third kappa shape index (κ3) is 6.72. The number of hydrogen-bond acceptors (Lipinski definition) is 4. The Kier molecular flexibility index (Phi) is 7.13. The van der Waals surface area contributed by atoms with E-state index in [1.54, 1.807) is 36.2 Å². The van der Waals surface area contributed by atoms with Gasteiger partial charge in [-0.2, -0.15) is 0 Å². The molecule has 0 aliphatic heterocycles. The van der Waals surface area contributed by atoms with Gasteiger partial charge < -0.3 is 15.4 Å². The molecule has 0 spiro atoms. The quantitative estimate of drug-likeness (QED) is 0.589. The molecule has 0 saturated carbocycles. The minimum Gasteiger partial charge on any atom is -0.457 e. The Morgan fingerprint density at radius 2 is 1.23 bits per heavy atom. The molecule has 0 radical (unpaired) electrons. The molecule has 2 N–H and O–H groups in total. The van der Waals surface area contributed by atoms with E-state index in [4.69, 9.17) is 4.74 Å². The smallest absolute Gasteiger partial charge is 0.238 e. The summed E-state index contributed by atoms with van der Waals surface area (Å²) in [5.41, 5.74) is 1.13. The van der Waals surface area contributed by atoms with Crippen LogP contribution in [0.25, 0.3) is 0 Å². The Balaban J connectivity index is 1.44. The van der Waals surface area contributed by atoms with E-state index in [1.165, 1.54) is 24.3 Å². The Morgan fingerprint density at radius 1 is 0.767 bits per heavy atom. The second-order valence-corrected chi connectivity index (χ2v) is 6.72. The third-order valence-electron chi connectivity index (χ3n) is 4.07. The number of amides is 2. The number of carbonyl (C=O) groups is 2. The number of halogens is 1. The van der Waals surface area contributed by atoms with Gasteiger partial charge in [-0.05, 0) is 67.7 Å². The van der Waals surface area contributed by atoms with Gasteiger partial charge in [-0.1, -0.05) is 18.2 Å². The zero-order chi connectivity index (χ0) is 21.3. The van der Waals surface area contributed by atoms with Gasteiger partial charge in [-0.3, -0.25) is 14.5 Å². The number of ether oxygens (including phenoxy) is 1. The molecule has 154 valence electrons. The van der Waals surface area contributed by atoms with E-state index in [0.29, 0.717) is 17.1 Å². The van der Waals surface area contributed by atoms with Crippen LogP contribution in [0.2, 0.25) is 0 Å². The molecule has 6 nitrogen and oxygen atoms in total. The van der Waals surface area contributed by atoms with Crippen LogP contribution in [0.3, 0.4) is 0 Å². The molecule has 0 bridgehead atoms. The predicted molar refractivity (Wildman–Crippen MR) is 114 cm³/mol. The number of nitrogens with zero attached hydrogens (tertiary/aromatic N) is 1. The van der Waals surface area contributed by atoms with Crippen molar-refractivity contribution in [1.82, 2.24) is 4.90 Å². The van der Waals surface area contributed by atoms with Crippen molar-refractivity contribution in [2.75, 3.05) is 30.8 Å². The number of benzene rings is 3. The lowest BCUT2D eigenvalue weighted by Crippen LogP contribution is -2.36. The number of para-hydroxylation sites is 1. The van der Waals surface area contributed by atoms with E-state index < -0.39 is 0 Å². The summed E-state index contributed by atoms with van der Waals surface area (Å²) in [6.07, 6.45) is 0. The predicted octanol–water partition coefficient (Wildman–Crippen LogP) is 4.13. The molecule has 0 atom stereocenters. The Hall–Kier alpha value is -3.71. The van der Waals surface area contributed by atoms with Crippen LogP contribution in [-0.2, 0) is 9.59 Å². The van der Waals surface area contributed by atoms with Gasteiger partial charge in [-0.15, -0.1) is 0 Å². The van der Waals surface area contributed by atoms with E-state index in [1.807, 2.05) is 30.3 Å². The monoisotopic (exact) mass is 407 g/mol. The molecule has 30 heavy (non-hydrogen) atoms. The minimum absolute atomic E-state index is 0.0225. The van der Waals surface area contributed by atoms with Crippen LogP contribution < -0.4 is 15.4 Å². The molecule has 0 fully saturated rings. The van der Waals surface area contributed by atoms with Crippen LogP contribution in [0.1, 0.15) is 0 Å². The highest BCUT2D eigenvalue weighted by Crippen LogP contribution is 2.22. The standard InChI is InChI=1S/C23H22FN3O3/c1-27(15-22(28)25-18-9-7-17(24)8-10-18)16-23(29)26-19-11-13-21(14-12-19)30-20-5-3-2-4-6-20/h2-14H,15-16H2,1H3,(H,25,28)(H,26,29). The van der Waals surface area contributed by atoms with Crippen molar-refractivity contribution in [3.63, 3.8) is 0 Å². The molecule has 3 aromatic rings. The number of nitrogens with one attached hydrogen (secondary N) is 2. The molecule has 0 aliphatic rings. The Morgan fingerprint density at radius 3 is 1.77 bits per heavy atom. The van der Waals surface area contributed by atoms with Crippen molar-refractivity contribution < 1.29 is 18.7 Å². The maximum atomic E-state index is 12.9. The second kappa shape index (κ2) is 10.2. The summed E-state index contributed by atoms with van der Waals surface area (Å²) in [4.78, 5) is 25.8. The fourth-order valence-corrected chi connectivity index (χ4v) is 2.71. The first-order valence-corrected chi connectivity index (χ1v) is 9.35. The lowest BCUT2D eigenvalue weighted by Gasteiger charge is -2.16. The largest absolute Gasteiger partial charge is 0.457 e.